The Morgan fingerprint density at radius 2 is 2.56 bits per heavy atom. The third-order valence-corrected chi connectivity index (χ3v) is 0.559. The molecular weight excluding hydrogens is 116 g/mol. The zero-order valence-electron chi connectivity index (χ0n) is 5.31. The molecule has 0 amide bonds. The molecule has 0 radical (unpaired) electrons. The molecule has 2 heteroatoms. The Labute approximate surface area is 54.5 Å². The van der Waals surface area contributed by atoms with Crippen LogP contribution in [-0.2, 0) is 9.53 Å². The van der Waals surface area contributed by atoms with Gasteiger partial charge >= 0.3 is 5.97 Å². The smallest absolute Gasteiger partial charge is 0.384 e. The van der Waals surface area contributed by atoms with Crippen LogP contribution >= 0.6 is 0 Å². The van der Waals surface area contributed by atoms with Gasteiger partial charge in [-0.3, -0.25) is 0 Å². The van der Waals surface area contributed by atoms with Gasteiger partial charge in [-0.2, -0.15) is 0 Å². The first kappa shape index (κ1) is 7.77. The minimum atomic E-state index is -0.502. The van der Waals surface area contributed by atoms with Gasteiger partial charge in [-0.25, -0.2) is 4.79 Å². The SMILES string of the molecule is C=CCOC(=O)C#CC. The Bertz CT molecular complexity index is 159. The van der Waals surface area contributed by atoms with Gasteiger partial charge in [0, 0.05) is 5.92 Å². The fourth-order valence-corrected chi connectivity index (χ4v) is 0.273. The number of hydrogen-bond acceptors (Lipinski definition) is 2. The van der Waals surface area contributed by atoms with E-state index in [1.807, 2.05) is 0 Å². The highest BCUT2D eigenvalue weighted by Crippen LogP contribution is 1.74. The molecule has 0 aliphatic carbocycles. The fourth-order valence-electron chi connectivity index (χ4n) is 0.273. The predicted molar refractivity (Wildman–Crippen MR) is 34.6 cm³/mol. The summed E-state index contributed by atoms with van der Waals surface area (Å²) in [5.74, 6) is 4.14. The summed E-state index contributed by atoms with van der Waals surface area (Å²) in [6, 6.07) is 0. The summed E-state index contributed by atoms with van der Waals surface area (Å²) in [6.07, 6.45) is 1.50. The van der Waals surface area contributed by atoms with Crippen molar-refractivity contribution >= 4 is 5.97 Å². The Morgan fingerprint density at radius 3 is 3.00 bits per heavy atom. The molecule has 48 valence electrons. The van der Waals surface area contributed by atoms with Crippen molar-refractivity contribution in [2.24, 2.45) is 0 Å². The average molecular weight is 124 g/mol. The van der Waals surface area contributed by atoms with Crippen molar-refractivity contribution in [3.63, 3.8) is 0 Å². The summed E-state index contributed by atoms with van der Waals surface area (Å²) in [6.45, 7) is 5.18. The van der Waals surface area contributed by atoms with E-state index in [9.17, 15) is 4.79 Å². The Kier molecular flexibility index (Phi) is 4.25. The molecule has 0 saturated heterocycles. The average Bonchev–Trinajstić information content (AvgIpc) is 1.85. The highest BCUT2D eigenvalue weighted by Gasteiger charge is 1.90. The van der Waals surface area contributed by atoms with Crippen LogP contribution in [0.5, 0.6) is 0 Å². The quantitative estimate of drug-likeness (QED) is 0.235. The van der Waals surface area contributed by atoms with Crippen LogP contribution in [-0.4, -0.2) is 12.6 Å². The number of rotatable bonds is 2. The van der Waals surface area contributed by atoms with Crippen molar-refractivity contribution < 1.29 is 9.53 Å². The molecule has 0 spiro atoms. The molecule has 0 bridgehead atoms. The molecule has 0 atom stereocenters. The van der Waals surface area contributed by atoms with Crippen molar-refractivity contribution in [1.29, 1.82) is 0 Å². The minimum absolute atomic E-state index is 0.230. The second-order valence-corrected chi connectivity index (χ2v) is 1.26. The summed E-state index contributed by atoms with van der Waals surface area (Å²) >= 11 is 0. The highest BCUT2D eigenvalue weighted by atomic mass is 16.5. The van der Waals surface area contributed by atoms with Crippen LogP contribution in [0.4, 0.5) is 0 Å². The van der Waals surface area contributed by atoms with Crippen molar-refractivity contribution in [3.8, 4) is 11.8 Å². The number of carbonyl (C=O) groups is 1. The van der Waals surface area contributed by atoms with Crippen LogP contribution in [0.1, 0.15) is 6.92 Å². The lowest BCUT2D eigenvalue weighted by Crippen LogP contribution is -1.99. The predicted octanol–water partition coefficient (Wildman–Crippen LogP) is 0.739. The van der Waals surface area contributed by atoms with E-state index in [-0.39, 0.29) is 6.61 Å². The van der Waals surface area contributed by atoms with E-state index in [1.54, 1.807) is 6.92 Å². The van der Waals surface area contributed by atoms with Crippen LogP contribution in [0, 0.1) is 11.8 Å². The first-order chi connectivity index (χ1) is 4.31. The van der Waals surface area contributed by atoms with E-state index in [0.29, 0.717) is 0 Å². The van der Waals surface area contributed by atoms with E-state index in [4.69, 9.17) is 0 Å². The molecule has 0 unspecified atom stereocenters. The lowest BCUT2D eigenvalue weighted by atomic mass is 10.6. The lowest BCUT2D eigenvalue weighted by Gasteiger charge is -1.90. The molecule has 0 aliphatic rings. The van der Waals surface area contributed by atoms with Crippen molar-refractivity contribution in [2.45, 2.75) is 6.92 Å². The lowest BCUT2D eigenvalue weighted by molar-refractivity contribution is -0.135. The summed E-state index contributed by atoms with van der Waals surface area (Å²) < 4.78 is 4.50. The topological polar surface area (TPSA) is 26.3 Å². The van der Waals surface area contributed by atoms with Crippen molar-refractivity contribution in [3.05, 3.63) is 12.7 Å². The van der Waals surface area contributed by atoms with E-state index in [2.05, 4.69) is 23.2 Å². The Morgan fingerprint density at radius 1 is 1.89 bits per heavy atom. The summed E-state index contributed by atoms with van der Waals surface area (Å²) in [5, 5.41) is 0. The van der Waals surface area contributed by atoms with Gasteiger partial charge in [0.15, 0.2) is 0 Å². The molecule has 0 aliphatic heterocycles. The first-order valence-corrected chi connectivity index (χ1v) is 2.51. The third-order valence-electron chi connectivity index (χ3n) is 0.559. The number of hydrogen-bond donors (Lipinski definition) is 0. The van der Waals surface area contributed by atoms with Gasteiger partial charge in [0.05, 0.1) is 0 Å². The standard InChI is InChI=1S/C7H8O2/c1-3-5-7(8)9-6-4-2/h4H,2,6H2,1H3. The van der Waals surface area contributed by atoms with Gasteiger partial charge in [0.2, 0.25) is 0 Å². The van der Waals surface area contributed by atoms with Crippen LogP contribution in [0.25, 0.3) is 0 Å². The number of carbonyl (C=O) groups excluding carboxylic acids is 1. The van der Waals surface area contributed by atoms with E-state index < -0.39 is 5.97 Å². The molecule has 9 heavy (non-hydrogen) atoms. The Hall–Kier alpha value is -1.23. The molecule has 0 fully saturated rings. The normalized spacial score (nSPS) is 6.78. The molecule has 0 rings (SSSR count). The van der Waals surface area contributed by atoms with Gasteiger partial charge in [-0.15, -0.1) is 0 Å². The van der Waals surface area contributed by atoms with Gasteiger partial charge in [0.1, 0.15) is 6.61 Å². The Balaban J connectivity index is 3.47. The summed E-state index contributed by atoms with van der Waals surface area (Å²) in [7, 11) is 0. The van der Waals surface area contributed by atoms with Gasteiger partial charge in [0.25, 0.3) is 0 Å². The zero-order valence-corrected chi connectivity index (χ0v) is 5.31. The molecule has 0 heterocycles. The van der Waals surface area contributed by atoms with Crippen LogP contribution in [0.15, 0.2) is 12.7 Å². The molecule has 0 aromatic heterocycles. The monoisotopic (exact) mass is 124 g/mol. The number of esters is 1. The van der Waals surface area contributed by atoms with Crippen molar-refractivity contribution in [2.75, 3.05) is 6.61 Å². The second kappa shape index (κ2) is 4.92. The zero-order chi connectivity index (χ0) is 7.11. The van der Waals surface area contributed by atoms with Crippen LogP contribution in [0.3, 0.4) is 0 Å². The summed E-state index contributed by atoms with van der Waals surface area (Å²) in [5.41, 5.74) is 0. The molecule has 0 aromatic rings. The second-order valence-electron chi connectivity index (χ2n) is 1.26. The van der Waals surface area contributed by atoms with E-state index >= 15 is 0 Å². The molecular formula is C7H8O2. The maximum atomic E-state index is 10.4. The third kappa shape index (κ3) is 4.63. The summed E-state index contributed by atoms with van der Waals surface area (Å²) in [4.78, 5) is 10.4. The van der Waals surface area contributed by atoms with Crippen LogP contribution < -0.4 is 0 Å². The number of ether oxygens (including phenoxy) is 1. The van der Waals surface area contributed by atoms with Crippen LogP contribution in [0.2, 0.25) is 0 Å². The van der Waals surface area contributed by atoms with Crippen molar-refractivity contribution in [1.82, 2.24) is 0 Å². The highest BCUT2D eigenvalue weighted by molar-refractivity contribution is 5.88. The molecule has 0 saturated carbocycles. The van der Waals surface area contributed by atoms with Gasteiger partial charge in [-0.05, 0) is 6.92 Å². The molecule has 2 nitrogen and oxygen atoms in total. The van der Waals surface area contributed by atoms with Gasteiger partial charge < -0.3 is 4.74 Å². The molecule has 0 aromatic carbocycles. The maximum Gasteiger partial charge on any atom is 0.384 e. The minimum Gasteiger partial charge on any atom is -0.452 e. The van der Waals surface area contributed by atoms with Gasteiger partial charge in [-0.1, -0.05) is 18.6 Å². The largest absolute Gasteiger partial charge is 0.452 e. The maximum absolute atomic E-state index is 10.4. The fraction of sp³-hybridized carbons (Fsp3) is 0.286. The van der Waals surface area contributed by atoms with E-state index in [1.165, 1.54) is 6.08 Å². The van der Waals surface area contributed by atoms with E-state index in [0.717, 1.165) is 0 Å². The molecule has 0 N–H and O–H groups in total. The first-order valence-electron chi connectivity index (χ1n) is 2.51.